The number of carbonyl (C=O) groups is 2. The third-order valence-electron chi connectivity index (χ3n) is 12.8. The molecule has 0 saturated heterocycles. The normalized spacial score (nSPS) is 12.7. The van der Waals surface area contributed by atoms with Crippen molar-refractivity contribution in [2.75, 3.05) is 13.2 Å². The summed E-state index contributed by atoms with van der Waals surface area (Å²) in [4.78, 5) is 24.5. The van der Waals surface area contributed by atoms with E-state index in [9.17, 15) is 19.8 Å². The molecule has 0 fully saturated rings. The number of esters is 1. The molecular weight excluding hydrogens is 755 g/mol. The zero-order chi connectivity index (χ0) is 44.4. The van der Waals surface area contributed by atoms with Crippen molar-refractivity contribution in [3.8, 4) is 0 Å². The molecule has 0 aliphatic carbocycles. The van der Waals surface area contributed by atoms with Gasteiger partial charge >= 0.3 is 5.97 Å². The van der Waals surface area contributed by atoms with E-state index < -0.39 is 12.1 Å². The summed E-state index contributed by atoms with van der Waals surface area (Å²) in [6.07, 6.45) is 59.0. The Morgan fingerprint density at radius 1 is 0.443 bits per heavy atom. The van der Waals surface area contributed by atoms with Gasteiger partial charge in [-0.05, 0) is 51.4 Å². The van der Waals surface area contributed by atoms with E-state index >= 15 is 0 Å². The Kier molecular flexibility index (Phi) is 50.1. The van der Waals surface area contributed by atoms with Crippen LogP contribution in [0.15, 0.2) is 12.2 Å². The molecule has 61 heavy (non-hydrogen) atoms. The smallest absolute Gasteiger partial charge is 0.305 e. The Hall–Kier alpha value is -1.40. The Bertz CT molecular complexity index is 909. The molecule has 0 heterocycles. The fourth-order valence-electron chi connectivity index (χ4n) is 8.58. The average Bonchev–Trinajstić information content (AvgIpc) is 3.26. The van der Waals surface area contributed by atoms with Gasteiger partial charge in [0.25, 0.3) is 0 Å². The molecule has 1 amide bonds. The standard InChI is InChI=1S/C55H107NO5/c1-3-5-7-9-11-13-15-17-20-25-29-33-37-41-45-49-55(60)61-50-46-42-38-34-30-26-22-19-18-21-24-28-32-36-40-44-48-54(59)56-52(51-57)53(58)47-43-39-35-31-27-23-16-14-12-10-8-6-4-2/h18,21,52-53,57-58H,3-17,19-20,22-51H2,1-2H3,(H,56,59)/b21-18-. The van der Waals surface area contributed by atoms with Crippen LogP contribution in [-0.4, -0.2) is 47.4 Å². The molecular formula is C55H107NO5. The molecule has 0 spiro atoms. The lowest BCUT2D eigenvalue weighted by Crippen LogP contribution is -2.45. The Morgan fingerprint density at radius 3 is 1.16 bits per heavy atom. The maximum Gasteiger partial charge on any atom is 0.305 e. The molecule has 0 rings (SSSR count). The molecule has 0 radical (unpaired) electrons. The van der Waals surface area contributed by atoms with Crippen LogP contribution in [0.25, 0.3) is 0 Å². The molecule has 0 aliphatic heterocycles. The van der Waals surface area contributed by atoms with Crippen LogP contribution in [-0.2, 0) is 14.3 Å². The first-order chi connectivity index (χ1) is 30.0. The van der Waals surface area contributed by atoms with E-state index in [1.54, 1.807) is 0 Å². The van der Waals surface area contributed by atoms with E-state index in [0.717, 1.165) is 64.2 Å². The third kappa shape index (κ3) is 47.9. The zero-order valence-electron chi connectivity index (χ0n) is 41.2. The Labute approximate surface area is 380 Å². The van der Waals surface area contributed by atoms with Crippen LogP contribution < -0.4 is 5.32 Å². The second-order valence-corrected chi connectivity index (χ2v) is 18.9. The number of unbranched alkanes of at least 4 members (excludes halogenated alkanes) is 38. The van der Waals surface area contributed by atoms with Crippen molar-refractivity contribution in [1.82, 2.24) is 5.32 Å². The number of carbonyl (C=O) groups excluding carboxylic acids is 2. The van der Waals surface area contributed by atoms with E-state index in [2.05, 4.69) is 31.3 Å². The fraction of sp³-hybridized carbons (Fsp3) is 0.927. The van der Waals surface area contributed by atoms with Gasteiger partial charge < -0.3 is 20.3 Å². The van der Waals surface area contributed by atoms with Crippen molar-refractivity contribution >= 4 is 11.9 Å². The highest BCUT2D eigenvalue weighted by molar-refractivity contribution is 5.76. The Balaban J connectivity index is 3.44. The van der Waals surface area contributed by atoms with Crippen molar-refractivity contribution in [3.63, 3.8) is 0 Å². The fourth-order valence-corrected chi connectivity index (χ4v) is 8.58. The van der Waals surface area contributed by atoms with Gasteiger partial charge in [0.2, 0.25) is 5.91 Å². The minimum absolute atomic E-state index is 0.000346. The number of hydrogen-bond donors (Lipinski definition) is 3. The van der Waals surface area contributed by atoms with Crippen molar-refractivity contribution in [1.29, 1.82) is 0 Å². The van der Waals surface area contributed by atoms with E-state index in [4.69, 9.17) is 4.74 Å². The molecule has 6 nitrogen and oxygen atoms in total. The number of hydrogen-bond acceptors (Lipinski definition) is 5. The summed E-state index contributed by atoms with van der Waals surface area (Å²) in [7, 11) is 0. The van der Waals surface area contributed by atoms with E-state index in [0.29, 0.717) is 25.9 Å². The first-order valence-corrected chi connectivity index (χ1v) is 27.4. The topological polar surface area (TPSA) is 95.9 Å². The predicted octanol–water partition coefficient (Wildman–Crippen LogP) is 16.5. The summed E-state index contributed by atoms with van der Waals surface area (Å²) in [6, 6.07) is -0.552. The molecule has 2 unspecified atom stereocenters. The van der Waals surface area contributed by atoms with Gasteiger partial charge in [0.1, 0.15) is 0 Å². The van der Waals surface area contributed by atoms with Crippen LogP contribution in [0.5, 0.6) is 0 Å². The van der Waals surface area contributed by atoms with Crippen molar-refractivity contribution in [2.45, 2.75) is 315 Å². The molecule has 2 atom stereocenters. The van der Waals surface area contributed by atoms with Gasteiger partial charge in [-0.15, -0.1) is 0 Å². The van der Waals surface area contributed by atoms with Gasteiger partial charge in [-0.2, -0.15) is 0 Å². The van der Waals surface area contributed by atoms with Crippen LogP contribution >= 0.6 is 0 Å². The van der Waals surface area contributed by atoms with Gasteiger partial charge in [0.05, 0.1) is 25.4 Å². The van der Waals surface area contributed by atoms with Gasteiger partial charge in [-0.3, -0.25) is 9.59 Å². The number of amides is 1. The summed E-state index contributed by atoms with van der Waals surface area (Å²) in [5, 5.41) is 23.2. The summed E-state index contributed by atoms with van der Waals surface area (Å²) in [6.45, 7) is 4.94. The lowest BCUT2D eigenvalue weighted by atomic mass is 10.0. The Morgan fingerprint density at radius 2 is 0.770 bits per heavy atom. The van der Waals surface area contributed by atoms with Crippen LogP contribution in [0.3, 0.4) is 0 Å². The molecule has 362 valence electrons. The second-order valence-electron chi connectivity index (χ2n) is 18.9. The molecule has 0 aromatic heterocycles. The van der Waals surface area contributed by atoms with E-state index in [1.807, 2.05) is 0 Å². The molecule has 6 heteroatoms. The summed E-state index contributed by atoms with van der Waals surface area (Å²) >= 11 is 0. The summed E-state index contributed by atoms with van der Waals surface area (Å²) in [5.74, 6) is -0.0508. The molecule has 0 aliphatic rings. The van der Waals surface area contributed by atoms with Gasteiger partial charge in [-0.1, -0.05) is 251 Å². The SMILES string of the molecule is CCCCCCCCCCCCCCCCCC(=O)OCCCCCCCCC/C=C\CCCCCCCC(=O)NC(CO)C(O)CCCCCCCCCCCCCCC. The van der Waals surface area contributed by atoms with Crippen molar-refractivity contribution < 1.29 is 24.5 Å². The first-order valence-electron chi connectivity index (χ1n) is 27.4. The zero-order valence-corrected chi connectivity index (χ0v) is 41.2. The molecule has 0 aromatic carbocycles. The lowest BCUT2D eigenvalue weighted by Gasteiger charge is -2.22. The van der Waals surface area contributed by atoms with Crippen LogP contribution in [0.4, 0.5) is 0 Å². The van der Waals surface area contributed by atoms with Crippen LogP contribution in [0.2, 0.25) is 0 Å². The third-order valence-corrected chi connectivity index (χ3v) is 12.8. The van der Waals surface area contributed by atoms with Crippen molar-refractivity contribution in [3.05, 3.63) is 12.2 Å². The maximum atomic E-state index is 12.4. The van der Waals surface area contributed by atoms with Gasteiger partial charge in [-0.25, -0.2) is 0 Å². The number of aliphatic hydroxyl groups excluding tert-OH is 2. The number of ether oxygens (including phenoxy) is 1. The number of nitrogens with one attached hydrogen (secondary N) is 1. The molecule has 3 N–H and O–H groups in total. The number of allylic oxidation sites excluding steroid dienone is 2. The number of aliphatic hydroxyl groups is 2. The number of rotatable bonds is 51. The second kappa shape index (κ2) is 51.2. The lowest BCUT2D eigenvalue weighted by molar-refractivity contribution is -0.143. The maximum absolute atomic E-state index is 12.4. The van der Waals surface area contributed by atoms with Crippen LogP contribution in [0.1, 0.15) is 303 Å². The molecule has 0 aromatic rings. The molecule has 0 saturated carbocycles. The van der Waals surface area contributed by atoms with E-state index in [-0.39, 0.29) is 18.5 Å². The highest BCUT2D eigenvalue weighted by atomic mass is 16.5. The van der Waals surface area contributed by atoms with Crippen molar-refractivity contribution in [2.24, 2.45) is 0 Å². The highest BCUT2D eigenvalue weighted by Crippen LogP contribution is 2.17. The van der Waals surface area contributed by atoms with E-state index in [1.165, 1.54) is 205 Å². The van der Waals surface area contributed by atoms with Gasteiger partial charge in [0, 0.05) is 12.8 Å². The van der Waals surface area contributed by atoms with Crippen LogP contribution in [0, 0.1) is 0 Å². The summed E-state index contributed by atoms with van der Waals surface area (Å²) in [5.41, 5.74) is 0. The minimum atomic E-state index is -0.673. The average molecular weight is 862 g/mol. The largest absolute Gasteiger partial charge is 0.466 e. The first kappa shape index (κ1) is 59.6. The predicted molar refractivity (Wildman–Crippen MR) is 264 cm³/mol. The quantitative estimate of drug-likeness (QED) is 0.0322. The minimum Gasteiger partial charge on any atom is -0.466 e. The highest BCUT2D eigenvalue weighted by Gasteiger charge is 2.20. The summed E-state index contributed by atoms with van der Waals surface area (Å²) < 4.78 is 5.47. The molecule has 0 bridgehead atoms. The van der Waals surface area contributed by atoms with Gasteiger partial charge in [0.15, 0.2) is 0 Å². The monoisotopic (exact) mass is 862 g/mol.